The highest BCUT2D eigenvalue weighted by atomic mass is 19.1. The minimum Gasteiger partial charge on any atom is -0.341 e. The topological polar surface area (TPSA) is 61.4 Å². The number of carbonyl (C=O) groups is 2. The number of halogens is 1. The molecule has 2 N–H and O–H groups in total. The second-order valence-electron chi connectivity index (χ2n) is 9.21. The van der Waals surface area contributed by atoms with Gasteiger partial charge in [0.1, 0.15) is 5.82 Å². The Hall–Kier alpha value is -2.11. The Bertz CT molecular complexity index is 699. The first-order chi connectivity index (χ1) is 13.4. The van der Waals surface area contributed by atoms with Crippen LogP contribution in [0.3, 0.4) is 0 Å². The van der Waals surface area contributed by atoms with Crippen LogP contribution in [0.15, 0.2) is 24.3 Å². The van der Waals surface area contributed by atoms with Crippen molar-refractivity contribution in [3.8, 4) is 0 Å². The van der Waals surface area contributed by atoms with Crippen LogP contribution < -0.4 is 10.6 Å². The molecule has 5 rings (SSSR count). The number of hydrogen-bond acceptors (Lipinski definition) is 2. The van der Waals surface area contributed by atoms with Gasteiger partial charge in [0.05, 0.1) is 0 Å². The molecule has 0 aliphatic heterocycles. The molecule has 4 aliphatic rings. The lowest BCUT2D eigenvalue weighted by atomic mass is 9.53. The van der Waals surface area contributed by atoms with Gasteiger partial charge < -0.3 is 15.5 Å². The Kier molecular flexibility index (Phi) is 5.30. The maximum absolute atomic E-state index is 13.0. The quantitative estimate of drug-likeness (QED) is 0.785. The average molecular weight is 387 g/mol. The summed E-state index contributed by atoms with van der Waals surface area (Å²) in [6.45, 7) is 0.753. The number of nitrogens with one attached hydrogen (secondary N) is 2. The summed E-state index contributed by atoms with van der Waals surface area (Å²) in [5, 5.41) is 6.13. The van der Waals surface area contributed by atoms with Crippen molar-refractivity contribution < 1.29 is 14.0 Å². The molecule has 0 unspecified atom stereocenters. The van der Waals surface area contributed by atoms with Crippen molar-refractivity contribution in [2.24, 2.45) is 17.8 Å². The van der Waals surface area contributed by atoms with Crippen molar-refractivity contribution >= 4 is 11.9 Å². The van der Waals surface area contributed by atoms with Gasteiger partial charge in [-0.05, 0) is 74.0 Å². The Morgan fingerprint density at radius 1 is 1.07 bits per heavy atom. The molecule has 4 aliphatic carbocycles. The van der Waals surface area contributed by atoms with E-state index in [9.17, 15) is 14.0 Å². The van der Waals surface area contributed by atoms with Crippen LogP contribution in [-0.4, -0.2) is 36.0 Å². The van der Waals surface area contributed by atoms with Crippen LogP contribution in [0.1, 0.15) is 50.5 Å². The maximum atomic E-state index is 13.0. The zero-order valence-corrected chi connectivity index (χ0v) is 16.5. The second kappa shape index (κ2) is 7.72. The number of amides is 3. The van der Waals surface area contributed by atoms with E-state index >= 15 is 0 Å². The van der Waals surface area contributed by atoms with E-state index in [1.807, 2.05) is 0 Å². The van der Waals surface area contributed by atoms with E-state index in [-0.39, 0.29) is 29.7 Å². The smallest absolute Gasteiger partial charge is 0.315 e. The summed E-state index contributed by atoms with van der Waals surface area (Å²) < 4.78 is 13.0. The first-order valence-electron chi connectivity index (χ1n) is 10.5. The summed E-state index contributed by atoms with van der Waals surface area (Å²) in [7, 11) is 1.72. The third-order valence-corrected chi connectivity index (χ3v) is 6.80. The van der Waals surface area contributed by atoms with Gasteiger partial charge in [-0.1, -0.05) is 12.1 Å². The number of benzene rings is 1. The van der Waals surface area contributed by atoms with Crippen LogP contribution in [0, 0.1) is 23.6 Å². The van der Waals surface area contributed by atoms with Gasteiger partial charge in [-0.2, -0.15) is 0 Å². The van der Waals surface area contributed by atoms with E-state index in [0.29, 0.717) is 13.1 Å². The van der Waals surface area contributed by atoms with Gasteiger partial charge in [-0.25, -0.2) is 9.18 Å². The number of urea groups is 1. The van der Waals surface area contributed by atoms with Crippen molar-refractivity contribution in [3.63, 3.8) is 0 Å². The van der Waals surface area contributed by atoms with Gasteiger partial charge in [0.25, 0.3) is 0 Å². The molecule has 0 heterocycles. The van der Waals surface area contributed by atoms with Crippen LogP contribution in [0.4, 0.5) is 9.18 Å². The largest absolute Gasteiger partial charge is 0.341 e. The number of hydrogen-bond donors (Lipinski definition) is 2. The third-order valence-electron chi connectivity index (χ3n) is 6.80. The van der Waals surface area contributed by atoms with E-state index in [4.69, 9.17) is 0 Å². The van der Waals surface area contributed by atoms with Gasteiger partial charge >= 0.3 is 6.03 Å². The van der Waals surface area contributed by atoms with Crippen molar-refractivity contribution in [1.29, 1.82) is 0 Å². The van der Waals surface area contributed by atoms with Crippen LogP contribution in [0.25, 0.3) is 0 Å². The molecular weight excluding hydrogens is 357 g/mol. The van der Waals surface area contributed by atoms with Crippen molar-refractivity contribution in [2.45, 2.75) is 57.0 Å². The molecule has 0 spiro atoms. The van der Waals surface area contributed by atoms with Gasteiger partial charge in [-0.3, -0.25) is 4.79 Å². The fourth-order valence-electron chi connectivity index (χ4n) is 5.97. The molecule has 4 saturated carbocycles. The zero-order chi connectivity index (χ0) is 19.7. The van der Waals surface area contributed by atoms with Gasteiger partial charge in [-0.15, -0.1) is 0 Å². The van der Waals surface area contributed by atoms with Crippen LogP contribution in [0.2, 0.25) is 0 Å². The Labute approximate surface area is 166 Å². The molecule has 0 saturated heterocycles. The second-order valence-corrected chi connectivity index (χ2v) is 9.21. The lowest BCUT2D eigenvalue weighted by Crippen LogP contribution is -2.61. The summed E-state index contributed by atoms with van der Waals surface area (Å²) in [5.74, 6) is 2.03. The lowest BCUT2D eigenvalue weighted by molar-refractivity contribution is -0.130. The van der Waals surface area contributed by atoms with Crippen molar-refractivity contribution in [1.82, 2.24) is 15.5 Å². The molecule has 6 heteroatoms. The molecule has 28 heavy (non-hydrogen) atoms. The Morgan fingerprint density at radius 3 is 2.21 bits per heavy atom. The number of nitrogens with zero attached hydrogens (tertiary/aromatic N) is 1. The molecule has 0 radical (unpaired) electrons. The van der Waals surface area contributed by atoms with E-state index < -0.39 is 0 Å². The molecule has 3 amide bonds. The molecule has 152 valence electrons. The summed E-state index contributed by atoms with van der Waals surface area (Å²) in [4.78, 5) is 26.3. The first-order valence-corrected chi connectivity index (χ1v) is 10.5. The highest BCUT2D eigenvalue weighted by molar-refractivity contribution is 5.78. The van der Waals surface area contributed by atoms with Crippen molar-refractivity contribution in [3.05, 3.63) is 35.6 Å². The van der Waals surface area contributed by atoms with Gasteiger partial charge in [0, 0.05) is 32.1 Å². The predicted molar refractivity (Wildman–Crippen MR) is 105 cm³/mol. The van der Waals surface area contributed by atoms with E-state index in [0.717, 1.165) is 42.6 Å². The predicted octanol–water partition coefficient (Wildman–Crippen LogP) is 3.44. The third kappa shape index (κ3) is 4.31. The maximum Gasteiger partial charge on any atom is 0.315 e. The van der Waals surface area contributed by atoms with Crippen LogP contribution in [-0.2, 0) is 11.3 Å². The SMILES string of the molecule is CN(Cc1ccc(F)cc1)C(=O)CCNC(=O)NC12CC3CC(CC(C3)C1)C2. The summed E-state index contributed by atoms with van der Waals surface area (Å²) in [6, 6.07) is 6.00. The fourth-order valence-corrected chi connectivity index (χ4v) is 5.97. The monoisotopic (exact) mass is 387 g/mol. The molecular formula is C22H30FN3O2. The molecule has 5 nitrogen and oxygen atoms in total. The Morgan fingerprint density at radius 2 is 1.64 bits per heavy atom. The molecule has 4 fully saturated rings. The van der Waals surface area contributed by atoms with E-state index in [1.165, 1.54) is 31.4 Å². The molecule has 0 aromatic heterocycles. The van der Waals surface area contributed by atoms with Crippen molar-refractivity contribution in [2.75, 3.05) is 13.6 Å². The van der Waals surface area contributed by atoms with Crippen LogP contribution in [0.5, 0.6) is 0 Å². The van der Waals surface area contributed by atoms with Gasteiger partial charge in [0.15, 0.2) is 0 Å². The highest BCUT2D eigenvalue weighted by Gasteiger charge is 2.51. The minimum absolute atomic E-state index is 0.0117. The molecule has 1 aromatic rings. The van der Waals surface area contributed by atoms with E-state index in [2.05, 4.69) is 10.6 Å². The molecule has 4 bridgehead atoms. The van der Waals surface area contributed by atoms with Crippen LogP contribution >= 0.6 is 0 Å². The number of rotatable bonds is 6. The van der Waals surface area contributed by atoms with E-state index in [1.54, 1.807) is 24.1 Å². The highest BCUT2D eigenvalue weighted by Crippen LogP contribution is 2.55. The summed E-state index contributed by atoms with van der Waals surface area (Å²) in [6.07, 6.45) is 7.64. The minimum atomic E-state index is -0.285. The fraction of sp³-hybridized carbons (Fsp3) is 0.636. The summed E-state index contributed by atoms with van der Waals surface area (Å²) in [5.41, 5.74) is 0.868. The molecule has 0 atom stereocenters. The Balaban J connectivity index is 1.20. The lowest BCUT2D eigenvalue weighted by Gasteiger charge is -2.56. The average Bonchev–Trinajstić information content (AvgIpc) is 2.61. The number of carbonyl (C=O) groups excluding carboxylic acids is 2. The van der Waals surface area contributed by atoms with Gasteiger partial charge in [0.2, 0.25) is 5.91 Å². The molecule has 1 aromatic carbocycles. The first kappa shape index (κ1) is 19.2. The summed E-state index contributed by atoms with van der Waals surface area (Å²) >= 11 is 0. The zero-order valence-electron chi connectivity index (χ0n) is 16.5. The normalized spacial score (nSPS) is 30.1. The standard InChI is InChI=1S/C22H30FN3O2/c1-26(14-15-2-4-19(23)5-3-15)20(27)6-7-24-21(28)25-22-11-16-8-17(12-22)10-18(9-16)13-22/h2-5,16-18H,6-14H2,1H3,(H2,24,25,28).